The van der Waals surface area contributed by atoms with Crippen molar-refractivity contribution in [3.63, 3.8) is 0 Å². The molecule has 0 radical (unpaired) electrons. The van der Waals surface area contributed by atoms with Gasteiger partial charge in [-0.1, -0.05) is 27.1 Å². The average molecular weight is 445 g/mol. The Bertz CT molecular complexity index is 1170. The van der Waals surface area contributed by atoms with Gasteiger partial charge in [0, 0.05) is 11.5 Å². The summed E-state index contributed by atoms with van der Waals surface area (Å²) in [4.78, 5) is 19.5. The highest BCUT2D eigenvalue weighted by Crippen LogP contribution is 2.27. The molecular weight excluding hydrogens is 432 g/mol. The molecule has 0 bridgehead atoms. The monoisotopic (exact) mass is 444 g/mol. The van der Waals surface area contributed by atoms with Gasteiger partial charge in [0.1, 0.15) is 12.4 Å². The van der Waals surface area contributed by atoms with E-state index in [2.05, 4.69) is 46.7 Å². The number of hydrogen-bond donors (Lipinski definition) is 2. The van der Waals surface area contributed by atoms with Gasteiger partial charge in [0.05, 0.1) is 16.7 Å². The molecule has 11 nitrogen and oxygen atoms in total. The number of imidazole rings is 1. The second kappa shape index (κ2) is 7.23. The number of carboxylic acid groups (broad SMARTS) is 1. The smallest absolute Gasteiger partial charge is 0.410 e. The second-order valence-corrected chi connectivity index (χ2v) is 6.61. The molecule has 28 heavy (non-hydrogen) atoms. The second-order valence-electron chi connectivity index (χ2n) is 5.70. The number of amides is 1. The van der Waals surface area contributed by atoms with Crippen molar-refractivity contribution in [1.82, 2.24) is 34.7 Å². The largest absolute Gasteiger partial charge is 0.465 e. The molecule has 0 aliphatic carbocycles. The number of benzene rings is 1. The zero-order chi connectivity index (χ0) is 19.7. The molecule has 0 fully saturated rings. The minimum absolute atomic E-state index is 0.0743. The first-order chi connectivity index (χ1) is 13.5. The van der Waals surface area contributed by atoms with Gasteiger partial charge in [-0.3, -0.25) is 5.32 Å². The Morgan fingerprint density at radius 3 is 2.89 bits per heavy atom. The van der Waals surface area contributed by atoms with Gasteiger partial charge in [-0.15, -0.1) is 0 Å². The van der Waals surface area contributed by atoms with Crippen LogP contribution in [0.3, 0.4) is 0 Å². The zero-order valence-electron chi connectivity index (χ0n) is 14.4. The predicted molar refractivity (Wildman–Crippen MR) is 101 cm³/mol. The number of carbonyl (C=O) groups is 1. The molecule has 3 heterocycles. The fraction of sp³-hybridized carbons (Fsp3) is 0.125. The maximum absolute atomic E-state index is 10.8. The Balaban J connectivity index is 1.69. The van der Waals surface area contributed by atoms with Gasteiger partial charge in [-0.25, -0.2) is 19.0 Å². The van der Waals surface area contributed by atoms with E-state index in [-0.39, 0.29) is 18.4 Å². The van der Waals surface area contributed by atoms with Crippen LogP contribution in [0.5, 0.6) is 6.01 Å². The Kier molecular flexibility index (Phi) is 4.61. The van der Waals surface area contributed by atoms with Crippen molar-refractivity contribution in [1.29, 1.82) is 0 Å². The highest BCUT2D eigenvalue weighted by atomic mass is 79.9. The van der Waals surface area contributed by atoms with E-state index in [4.69, 9.17) is 9.84 Å². The summed E-state index contributed by atoms with van der Waals surface area (Å²) in [5.74, 6) is 0.647. The maximum Gasteiger partial charge on any atom is 0.410 e. The number of nitrogens with one attached hydrogen (secondary N) is 1. The first-order valence-corrected chi connectivity index (χ1v) is 8.80. The van der Waals surface area contributed by atoms with Crippen molar-refractivity contribution in [3.8, 4) is 12.0 Å². The van der Waals surface area contributed by atoms with E-state index in [1.54, 1.807) is 29.8 Å². The average Bonchev–Trinajstić information content (AvgIpc) is 3.22. The summed E-state index contributed by atoms with van der Waals surface area (Å²) in [7, 11) is 1.71. The van der Waals surface area contributed by atoms with Crippen molar-refractivity contribution < 1.29 is 14.6 Å². The number of hydrogen-bond acceptors (Lipinski definition) is 7. The fourth-order valence-electron chi connectivity index (χ4n) is 2.61. The number of anilines is 1. The first-order valence-electron chi connectivity index (χ1n) is 8.00. The molecule has 0 unspecified atom stereocenters. The maximum atomic E-state index is 10.8. The van der Waals surface area contributed by atoms with Gasteiger partial charge in [0.25, 0.3) is 5.95 Å². The summed E-state index contributed by atoms with van der Waals surface area (Å²) in [5, 5.41) is 22.6. The summed E-state index contributed by atoms with van der Waals surface area (Å²) in [6, 6.07) is 10.9. The predicted octanol–water partition coefficient (Wildman–Crippen LogP) is 2.38. The van der Waals surface area contributed by atoms with E-state index >= 15 is 0 Å². The van der Waals surface area contributed by atoms with Crippen LogP contribution >= 0.6 is 15.9 Å². The topological polar surface area (TPSA) is 133 Å². The van der Waals surface area contributed by atoms with Crippen LogP contribution in [0.1, 0.15) is 5.69 Å². The number of aryl methyl sites for hydroxylation is 1. The van der Waals surface area contributed by atoms with E-state index in [1.165, 1.54) is 4.68 Å². The summed E-state index contributed by atoms with van der Waals surface area (Å²) in [6.45, 7) is 0.0743. The lowest BCUT2D eigenvalue weighted by Crippen LogP contribution is -2.11. The summed E-state index contributed by atoms with van der Waals surface area (Å²) >= 11 is 3.46. The SMILES string of the molecule is Cn1nnnc1-n1c(OCc2cccc(NC(=O)O)n2)nc2ccc(Br)cc21. The van der Waals surface area contributed by atoms with E-state index in [0.717, 1.165) is 9.99 Å². The molecule has 0 atom stereocenters. The lowest BCUT2D eigenvalue weighted by Gasteiger charge is -2.09. The van der Waals surface area contributed by atoms with Crippen LogP contribution in [0.25, 0.3) is 17.0 Å². The molecule has 2 N–H and O–H groups in total. The third kappa shape index (κ3) is 3.49. The van der Waals surface area contributed by atoms with E-state index < -0.39 is 6.09 Å². The van der Waals surface area contributed by atoms with Gasteiger partial charge in [-0.05, 0) is 40.8 Å². The van der Waals surface area contributed by atoms with Crippen molar-refractivity contribution in [2.24, 2.45) is 7.05 Å². The molecule has 142 valence electrons. The first kappa shape index (κ1) is 17.9. The number of halogens is 1. The minimum atomic E-state index is -1.19. The molecule has 0 aliphatic heterocycles. The Morgan fingerprint density at radius 2 is 2.14 bits per heavy atom. The van der Waals surface area contributed by atoms with Gasteiger partial charge in [0.2, 0.25) is 0 Å². The van der Waals surface area contributed by atoms with Gasteiger partial charge < -0.3 is 9.84 Å². The van der Waals surface area contributed by atoms with Crippen LogP contribution in [0.15, 0.2) is 40.9 Å². The number of ether oxygens (including phenoxy) is 1. The van der Waals surface area contributed by atoms with Gasteiger partial charge in [-0.2, -0.15) is 4.98 Å². The van der Waals surface area contributed by atoms with Gasteiger partial charge in [0.15, 0.2) is 0 Å². The molecule has 0 aliphatic rings. The van der Waals surface area contributed by atoms with Gasteiger partial charge >= 0.3 is 12.1 Å². The Labute approximate surface area is 166 Å². The zero-order valence-corrected chi connectivity index (χ0v) is 16.0. The highest BCUT2D eigenvalue weighted by molar-refractivity contribution is 9.10. The number of nitrogens with zero attached hydrogens (tertiary/aromatic N) is 7. The number of rotatable bonds is 5. The number of fused-ring (bicyclic) bond motifs is 1. The molecule has 12 heteroatoms. The third-order valence-electron chi connectivity index (χ3n) is 3.77. The number of pyridine rings is 1. The van der Waals surface area contributed by atoms with Crippen LogP contribution in [-0.4, -0.2) is 45.9 Å². The third-order valence-corrected chi connectivity index (χ3v) is 4.27. The fourth-order valence-corrected chi connectivity index (χ4v) is 2.96. The molecule has 0 spiro atoms. The molecule has 1 amide bonds. The van der Waals surface area contributed by atoms with E-state index in [9.17, 15) is 4.79 Å². The minimum Gasteiger partial charge on any atom is -0.465 e. The van der Waals surface area contributed by atoms with E-state index in [1.807, 2.05) is 18.2 Å². The van der Waals surface area contributed by atoms with Crippen molar-refractivity contribution >= 4 is 38.9 Å². The molecule has 4 aromatic rings. The number of aromatic nitrogens is 7. The lowest BCUT2D eigenvalue weighted by atomic mass is 10.3. The highest BCUT2D eigenvalue weighted by Gasteiger charge is 2.18. The molecule has 4 rings (SSSR count). The van der Waals surface area contributed by atoms with Crippen molar-refractivity contribution in [3.05, 3.63) is 46.6 Å². The van der Waals surface area contributed by atoms with Crippen LogP contribution in [0.2, 0.25) is 0 Å². The Morgan fingerprint density at radius 1 is 1.29 bits per heavy atom. The normalized spacial score (nSPS) is 10.9. The lowest BCUT2D eigenvalue weighted by molar-refractivity contribution is 0.209. The summed E-state index contributed by atoms with van der Waals surface area (Å²) < 4.78 is 9.95. The van der Waals surface area contributed by atoms with Crippen LogP contribution < -0.4 is 10.1 Å². The molecule has 0 saturated heterocycles. The van der Waals surface area contributed by atoms with Crippen LogP contribution in [-0.2, 0) is 13.7 Å². The Hall–Kier alpha value is -3.54. The number of tetrazole rings is 1. The van der Waals surface area contributed by atoms with Crippen molar-refractivity contribution in [2.75, 3.05) is 5.32 Å². The molecule has 0 saturated carbocycles. The van der Waals surface area contributed by atoms with Crippen LogP contribution in [0, 0.1) is 0 Å². The molecular formula is C16H13BrN8O3. The molecule has 3 aromatic heterocycles. The summed E-state index contributed by atoms with van der Waals surface area (Å²) in [5.41, 5.74) is 1.99. The standard InChI is InChI=1S/C16H13BrN8O3/c1-24-14(21-22-23-24)25-12-7-9(17)5-6-11(12)19-15(25)28-8-10-3-2-4-13(18-10)20-16(26)27/h2-7H,8H2,1H3,(H,18,20)(H,26,27). The van der Waals surface area contributed by atoms with Crippen molar-refractivity contribution in [2.45, 2.75) is 6.61 Å². The quantitative estimate of drug-likeness (QED) is 0.479. The summed E-state index contributed by atoms with van der Waals surface area (Å²) in [6.07, 6.45) is -1.19. The molecule has 1 aromatic carbocycles. The van der Waals surface area contributed by atoms with Crippen LogP contribution in [0.4, 0.5) is 10.6 Å². The van der Waals surface area contributed by atoms with E-state index in [0.29, 0.717) is 17.2 Å².